The van der Waals surface area contributed by atoms with Crippen LogP contribution in [0.4, 0.5) is 0 Å². The van der Waals surface area contributed by atoms with Gasteiger partial charge in [-0.3, -0.25) is 4.79 Å². The molecular weight excluding hydrogens is 300 g/mol. The first kappa shape index (κ1) is 17.0. The predicted molar refractivity (Wildman–Crippen MR) is 93.3 cm³/mol. The molecule has 0 aromatic heterocycles. The standard InChI is InChI=1S/C21H34O3/c1-12(22)16-6-7-17-15-5-4-13-10-14(23)8-9-20(13,2)18(15)11-19(24)21(16,17)3/h13-19,23-24H,4-11H2,1-3H3/t13-,14+,15-,16+,17-,18-,19-,20-,21+/m0/s1. The molecule has 0 unspecified atom stereocenters. The van der Waals surface area contributed by atoms with E-state index in [4.69, 9.17) is 0 Å². The van der Waals surface area contributed by atoms with Crippen molar-refractivity contribution >= 4 is 5.78 Å². The van der Waals surface area contributed by atoms with Crippen molar-refractivity contribution in [2.75, 3.05) is 0 Å². The summed E-state index contributed by atoms with van der Waals surface area (Å²) >= 11 is 0. The monoisotopic (exact) mass is 334 g/mol. The van der Waals surface area contributed by atoms with Crippen LogP contribution in [0.25, 0.3) is 0 Å². The smallest absolute Gasteiger partial charge is 0.133 e. The van der Waals surface area contributed by atoms with Crippen molar-refractivity contribution in [3.05, 3.63) is 0 Å². The normalized spacial score (nSPS) is 57.0. The molecule has 0 aromatic carbocycles. The van der Waals surface area contributed by atoms with Crippen LogP contribution in [0.2, 0.25) is 0 Å². The first-order chi connectivity index (χ1) is 11.3. The number of fused-ring (bicyclic) bond motifs is 5. The molecular formula is C21H34O3. The topological polar surface area (TPSA) is 57.5 Å². The van der Waals surface area contributed by atoms with Crippen LogP contribution in [0, 0.1) is 40.4 Å². The van der Waals surface area contributed by atoms with Gasteiger partial charge in [0.1, 0.15) is 5.78 Å². The third-order valence-corrected chi connectivity index (χ3v) is 9.24. The number of aliphatic hydroxyl groups excluding tert-OH is 2. The van der Waals surface area contributed by atoms with Crippen molar-refractivity contribution in [2.24, 2.45) is 40.4 Å². The van der Waals surface area contributed by atoms with Gasteiger partial charge in [-0.15, -0.1) is 0 Å². The van der Waals surface area contributed by atoms with E-state index in [2.05, 4.69) is 13.8 Å². The summed E-state index contributed by atoms with van der Waals surface area (Å²) in [5, 5.41) is 21.3. The molecule has 4 rings (SSSR count). The summed E-state index contributed by atoms with van der Waals surface area (Å²) in [4.78, 5) is 12.2. The number of rotatable bonds is 1. The van der Waals surface area contributed by atoms with Gasteiger partial charge in [-0.25, -0.2) is 0 Å². The minimum Gasteiger partial charge on any atom is -0.393 e. The van der Waals surface area contributed by atoms with Crippen molar-refractivity contribution in [1.29, 1.82) is 0 Å². The molecule has 3 nitrogen and oxygen atoms in total. The molecule has 0 saturated heterocycles. The SMILES string of the molecule is CC(=O)[C@H]1CC[C@H]2[C@@H]3CC[C@H]4C[C@H](O)CC[C@]4(C)[C@H]3C[C@H](O)[C@]12C. The Morgan fingerprint density at radius 3 is 2.42 bits per heavy atom. The van der Waals surface area contributed by atoms with Crippen molar-refractivity contribution in [1.82, 2.24) is 0 Å². The second kappa shape index (κ2) is 5.54. The highest BCUT2D eigenvalue weighted by Gasteiger charge is 2.63. The molecule has 4 fully saturated rings. The molecule has 0 spiro atoms. The van der Waals surface area contributed by atoms with Gasteiger partial charge in [-0.05, 0) is 87.4 Å². The largest absolute Gasteiger partial charge is 0.393 e. The maximum Gasteiger partial charge on any atom is 0.133 e. The molecule has 0 bridgehead atoms. The molecule has 0 aromatic rings. The lowest BCUT2D eigenvalue weighted by Crippen LogP contribution is -2.58. The molecule has 0 amide bonds. The predicted octanol–water partition coefficient (Wildman–Crippen LogP) is 3.57. The molecule has 0 heterocycles. The van der Waals surface area contributed by atoms with E-state index in [0.717, 1.165) is 38.5 Å². The Bertz CT molecular complexity index is 531. The lowest BCUT2D eigenvalue weighted by atomic mass is 9.44. The van der Waals surface area contributed by atoms with Gasteiger partial charge in [0.2, 0.25) is 0 Å². The van der Waals surface area contributed by atoms with E-state index in [-0.39, 0.29) is 34.7 Å². The highest BCUT2D eigenvalue weighted by atomic mass is 16.3. The van der Waals surface area contributed by atoms with Crippen molar-refractivity contribution in [3.8, 4) is 0 Å². The van der Waals surface area contributed by atoms with Crippen LogP contribution >= 0.6 is 0 Å². The van der Waals surface area contributed by atoms with E-state index in [1.807, 2.05) is 0 Å². The van der Waals surface area contributed by atoms with Gasteiger partial charge in [0, 0.05) is 11.3 Å². The molecule has 4 aliphatic rings. The molecule has 9 atom stereocenters. The number of hydrogen-bond donors (Lipinski definition) is 2. The zero-order valence-corrected chi connectivity index (χ0v) is 15.5. The van der Waals surface area contributed by atoms with Crippen molar-refractivity contribution in [3.63, 3.8) is 0 Å². The summed E-state index contributed by atoms with van der Waals surface area (Å²) < 4.78 is 0. The first-order valence-corrected chi connectivity index (χ1v) is 10.1. The summed E-state index contributed by atoms with van der Waals surface area (Å²) in [5.74, 6) is 2.69. The molecule has 0 aliphatic heterocycles. The molecule has 3 heteroatoms. The number of ketones is 1. The fourth-order valence-corrected chi connectivity index (χ4v) is 7.86. The molecule has 4 saturated carbocycles. The number of aliphatic hydroxyl groups is 2. The van der Waals surface area contributed by atoms with Gasteiger partial charge in [-0.1, -0.05) is 13.8 Å². The third kappa shape index (κ3) is 2.13. The van der Waals surface area contributed by atoms with E-state index in [1.54, 1.807) is 6.92 Å². The Morgan fingerprint density at radius 1 is 0.958 bits per heavy atom. The van der Waals surface area contributed by atoms with Crippen molar-refractivity contribution < 1.29 is 15.0 Å². The molecule has 4 aliphatic carbocycles. The van der Waals surface area contributed by atoms with Crippen LogP contribution in [0.1, 0.15) is 72.1 Å². The zero-order valence-electron chi connectivity index (χ0n) is 15.5. The number of Topliss-reactive ketones (excluding diaryl/α,β-unsaturated/α-hetero) is 1. The van der Waals surface area contributed by atoms with Gasteiger partial charge in [0.05, 0.1) is 12.2 Å². The quantitative estimate of drug-likeness (QED) is 0.771. The highest BCUT2D eigenvalue weighted by molar-refractivity contribution is 5.79. The Labute approximate surface area is 146 Å². The molecule has 136 valence electrons. The molecule has 24 heavy (non-hydrogen) atoms. The van der Waals surface area contributed by atoms with Crippen LogP contribution in [0.3, 0.4) is 0 Å². The maximum atomic E-state index is 12.2. The average molecular weight is 335 g/mol. The van der Waals surface area contributed by atoms with E-state index in [1.165, 1.54) is 12.8 Å². The highest BCUT2D eigenvalue weighted by Crippen LogP contribution is 2.67. The van der Waals surface area contributed by atoms with E-state index in [9.17, 15) is 15.0 Å². The third-order valence-electron chi connectivity index (χ3n) is 9.24. The Kier molecular flexibility index (Phi) is 3.93. The fraction of sp³-hybridized carbons (Fsp3) is 0.952. The first-order valence-electron chi connectivity index (χ1n) is 10.1. The molecule has 2 N–H and O–H groups in total. The van der Waals surface area contributed by atoms with Gasteiger partial charge >= 0.3 is 0 Å². The number of carbonyl (C=O) groups is 1. The Balaban J connectivity index is 1.66. The Hall–Kier alpha value is -0.410. The van der Waals surface area contributed by atoms with Crippen LogP contribution in [0.5, 0.6) is 0 Å². The summed E-state index contributed by atoms with van der Waals surface area (Å²) in [5.41, 5.74) is 0.0726. The average Bonchev–Trinajstić information content (AvgIpc) is 2.88. The Morgan fingerprint density at radius 2 is 1.71 bits per heavy atom. The maximum absolute atomic E-state index is 12.2. The van der Waals surface area contributed by atoms with Crippen molar-refractivity contribution in [2.45, 2.75) is 84.3 Å². The number of carbonyl (C=O) groups excluding carboxylic acids is 1. The van der Waals surface area contributed by atoms with Gasteiger partial charge in [-0.2, -0.15) is 0 Å². The number of hydrogen-bond acceptors (Lipinski definition) is 3. The second-order valence-corrected chi connectivity index (χ2v) is 9.94. The van der Waals surface area contributed by atoms with Crippen LogP contribution < -0.4 is 0 Å². The van der Waals surface area contributed by atoms with E-state index < -0.39 is 0 Å². The summed E-state index contributed by atoms with van der Waals surface area (Å²) in [6.07, 6.45) is 7.92. The fourth-order valence-electron chi connectivity index (χ4n) is 7.86. The van der Waals surface area contributed by atoms with Crippen LogP contribution in [0.15, 0.2) is 0 Å². The van der Waals surface area contributed by atoms with E-state index >= 15 is 0 Å². The lowest BCUT2D eigenvalue weighted by Gasteiger charge is -2.62. The summed E-state index contributed by atoms with van der Waals surface area (Å²) in [6.45, 7) is 6.36. The summed E-state index contributed by atoms with van der Waals surface area (Å²) in [6, 6.07) is 0. The van der Waals surface area contributed by atoms with Crippen LogP contribution in [-0.4, -0.2) is 28.2 Å². The van der Waals surface area contributed by atoms with E-state index in [0.29, 0.717) is 23.7 Å². The minimum absolute atomic E-state index is 0.0529. The lowest BCUT2D eigenvalue weighted by molar-refractivity contribution is -0.173. The summed E-state index contributed by atoms with van der Waals surface area (Å²) in [7, 11) is 0. The molecule has 0 radical (unpaired) electrons. The van der Waals surface area contributed by atoms with Gasteiger partial charge in [0.25, 0.3) is 0 Å². The zero-order chi connectivity index (χ0) is 17.3. The second-order valence-electron chi connectivity index (χ2n) is 9.94. The van der Waals surface area contributed by atoms with Gasteiger partial charge < -0.3 is 10.2 Å². The van der Waals surface area contributed by atoms with Crippen LogP contribution in [-0.2, 0) is 4.79 Å². The van der Waals surface area contributed by atoms with Gasteiger partial charge in [0.15, 0.2) is 0 Å². The minimum atomic E-state index is -0.345.